The van der Waals surface area contributed by atoms with E-state index in [2.05, 4.69) is 20.9 Å². The fourth-order valence-electron chi connectivity index (χ4n) is 3.11. The number of anilines is 1. The van der Waals surface area contributed by atoms with Gasteiger partial charge >= 0.3 is 5.69 Å². The number of imidazole rings is 1. The number of aromatic nitrogens is 4. The summed E-state index contributed by atoms with van der Waals surface area (Å²) in [5.74, 6) is 0.684. The first-order valence-corrected chi connectivity index (χ1v) is 7.95. The average Bonchev–Trinajstić information content (AvgIpc) is 2.71. The molecule has 0 bridgehead atoms. The van der Waals surface area contributed by atoms with Gasteiger partial charge in [0.05, 0.1) is 12.5 Å². The number of nitriles is 1. The standard InChI is InChI=1S/C15H20N6O2/c1-19-12-11(13(22)18-15(19)23)21(10-6-7-16)14(17-12)20-8-4-2-3-5-9-20/h2-6,8-10H2,1H3,(H,18,22,23). The molecule has 8 heteroatoms. The van der Waals surface area contributed by atoms with Gasteiger partial charge in [-0.2, -0.15) is 10.2 Å². The maximum Gasteiger partial charge on any atom is 0.329 e. The minimum Gasteiger partial charge on any atom is -0.342 e. The molecule has 0 aliphatic carbocycles. The Kier molecular flexibility index (Phi) is 4.19. The van der Waals surface area contributed by atoms with Gasteiger partial charge < -0.3 is 9.47 Å². The van der Waals surface area contributed by atoms with Gasteiger partial charge in [0.25, 0.3) is 5.56 Å². The molecule has 0 aromatic carbocycles. The molecule has 0 spiro atoms. The molecule has 3 rings (SSSR count). The van der Waals surface area contributed by atoms with Gasteiger partial charge in [-0.25, -0.2) is 4.79 Å². The van der Waals surface area contributed by atoms with Crippen LogP contribution in [0.25, 0.3) is 11.2 Å². The Morgan fingerprint density at radius 2 is 1.91 bits per heavy atom. The van der Waals surface area contributed by atoms with Crippen molar-refractivity contribution in [3.8, 4) is 6.07 Å². The monoisotopic (exact) mass is 316 g/mol. The van der Waals surface area contributed by atoms with Crippen molar-refractivity contribution in [3.63, 3.8) is 0 Å². The quantitative estimate of drug-likeness (QED) is 0.899. The number of hydrogen-bond acceptors (Lipinski definition) is 5. The van der Waals surface area contributed by atoms with Gasteiger partial charge in [-0.1, -0.05) is 12.8 Å². The van der Waals surface area contributed by atoms with Crippen molar-refractivity contribution in [2.24, 2.45) is 7.05 Å². The minimum absolute atomic E-state index is 0.286. The number of aromatic amines is 1. The highest BCUT2D eigenvalue weighted by Gasteiger charge is 2.21. The molecule has 0 saturated carbocycles. The van der Waals surface area contributed by atoms with Crippen molar-refractivity contribution in [1.29, 1.82) is 5.26 Å². The Balaban J connectivity index is 2.21. The van der Waals surface area contributed by atoms with E-state index in [-0.39, 0.29) is 6.42 Å². The highest BCUT2D eigenvalue weighted by atomic mass is 16.2. The zero-order chi connectivity index (χ0) is 16.4. The van der Waals surface area contributed by atoms with Crippen LogP contribution in [0.2, 0.25) is 0 Å². The van der Waals surface area contributed by atoms with E-state index in [0.29, 0.717) is 23.7 Å². The van der Waals surface area contributed by atoms with Crippen LogP contribution >= 0.6 is 0 Å². The Bertz CT molecular complexity index is 861. The van der Waals surface area contributed by atoms with Crippen LogP contribution in [-0.2, 0) is 13.6 Å². The summed E-state index contributed by atoms with van der Waals surface area (Å²) in [5, 5.41) is 8.91. The summed E-state index contributed by atoms with van der Waals surface area (Å²) in [6.45, 7) is 2.14. The van der Waals surface area contributed by atoms with Gasteiger partial charge in [-0.05, 0) is 12.8 Å². The van der Waals surface area contributed by atoms with Crippen LogP contribution in [0.3, 0.4) is 0 Å². The third-order valence-electron chi connectivity index (χ3n) is 4.32. The molecule has 0 unspecified atom stereocenters. The van der Waals surface area contributed by atoms with Gasteiger partial charge in [0.15, 0.2) is 11.2 Å². The van der Waals surface area contributed by atoms with Crippen molar-refractivity contribution < 1.29 is 0 Å². The van der Waals surface area contributed by atoms with Crippen LogP contribution in [0.1, 0.15) is 32.1 Å². The summed E-state index contributed by atoms with van der Waals surface area (Å²) in [5.41, 5.74) is -0.193. The molecule has 122 valence electrons. The number of aryl methyl sites for hydroxylation is 2. The Morgan fingerprint density at radius 1 is 1.22 bits per heavy atom. The van der Waals surface area contributed by atoms with E-state index in [1.165, 1.54) is 17.4 Å². The molecule has 1 saturated heterocycles. The third kappa shape index (κ3) is 2.74. The molecule has 1 fully saturated rings. The van der Waals surface area contributed by atoms with Crippen LogP contribution in [0.15, 0.2) is 9.59 Å². The van der Waals surface area contributed by atoms with E-state index >= 15 is 0 Å². The van der Waals surface area contributed by atoms with E-state index in [4.69, 9.17) is 5.26 Å². The van der Waals surface area contributed by atoms with E-state index in [1.807, 2.05) is 0 Å². The summed E-state index contributed by atoms with van der Waals surface area (Å²) < 4.78 is 3.13. The molecule has 23 heavy (non-hydrogen) atoms. The summed E-state index contributed by atoms with van der Waals surface area (Å²) in [4.78, 5) is 33.1. The molecule has 1 aliphatic rings. The predicted molar refractivity (Wildman–Crippen MR) is 86.5 cm³/mol. The molecule has 1 aliphatic heterocycles. The van der Waals surface area contributed by atoms with Crippen molar-refractivity contribution in [2.45, 2.75) is 38.6 Å². The summed E-state index contributed by atoms with van der Waals surface area (Å²) >= 11 is 0. The van der Waals surface area contributed by atoms with Gasteiger partial charge in [0.2, 0.25) is 5.95 Å². The number of H-pyrrole nitrogens is 1. The second-order valence-corrected chi connectivity index (χ2v) is 5.86. The molecule has 0 amide bonds. The molecule has 1 N–H and O–H groups in total. The van der Waals surface area contributed by atoms with Crippen molar-refractivity contribution in [1.82, 2.24) is 19.1 Å². The van der Waals surface area contributed by atoms with E-state index in [1.54, 1.807) is 11.6 Å². The van der Waals surface area contributed by atoms with Crippen molar-refractivity contribution >= 4 is 17.1 Å². The lowest BCUT2D eigenvalue weighted by Gasteiger charge is -2.22. The number of fused-ring (bicyclic) bond motifs is 1. The van der Waals surface area contributed by atoms with Gasteiger partial charge in [0, 0.05) is 26.7 Å². The number of nitrogens with zero attached hydrogens (tertiary/aromatic N) is 5. The highest BCUT2D eigenvalue weighted by molar-refractivity contribution is 5.74. The smallest absolute Gasteiger partial charge is 0.329 e. The zero-order valence-electron chi connectivity index (χ0n) is 13.2. The van der Waals surface area contributed by atoms with E-state index in [9.17, 15) is 9.59 Å². The number of rotatable bonds is 3. The minimum atomic E-state index is -0.477. The van der Waals surface area contributed by atoms with Crippen molar-refractivity contribution in [3.05, 3.63) is 20.8 Å². The Morgan fingerprint density at radius 3 is 2.57 bits per heavy atom. The van der Waals surface area contributed by atoms with Crippen LogP contribution in [0, 0.1) is 11.3 Å². The van der Waals surface area contributed by atoms with Crippen LogP contribution in [0.4, 0.5) is 5.95 Å². The fourth-order valence-corrected chi connectivity index (χ4v) is 3.11. The Labute approximate surface area is 133 Å². The van der Waals surface area contributed by atoms with Crippen LogP contribution < -0.4 is 16.1 Å². The summed E-state index contributed by atoms with van der Waals surface area (Å²) in [6.07, 6.45) is 4.82. The van der Waals surface area contributed by atoms with Crippen molar-refractivity contribution in [2.75, 3.05) is 18.0 Å². The number of hydrogen-bond donors (Lipinski definition) is 1. The second kappa shape index (κ2) is 6.28. The first-order chi connectivity index (χ1) is 11.1. The van der Waals surface area contributed by atoms with Gasteiger partial charge in [-0.15, -0.1) is 0 Å². The SMILES string of the molecule is Cn1c(=O)[nH]c(=O)c2c1nc(N1CCCCCC1)n2CCC#N. The van der Waals surface area contributed by atoms with E-state index < -0.39 is 11.2 Å². The highest BCUT2D eigenvalue weighted by Crippen LogP contribution is 2.22. The maximum absolute atomic E-state index is 12.3. The normalized spacial score (nSPS) is 15.6. The largest absolute Gasteiger partial charge is 0.342 e. The lowest BCUT2D eigenvalue weighted by Crippen LogP contribution is -2.30. The fraction of sp³-hybridized carbons (Fsp3) is 0.600. The first-order valence-electron chi connectivity index (χ1n) is 7.95. The number of nitrogens with one attached hydrogen (secondary N) is 1. The molecule has 8 nitrogen and oxygen atoms in total. The topological polar surface area (TPSA) is 99.7 Å². The molecule has 2 aromatic rings. The third-order valence-corrected chi connectivity index (χ3v) is 4.32. The lowest BCUT2D eigenvalue weighted by atomic mass is 10.2. The average molecular weight is 316 g/mol. The zero-order valence-corrected chi connectivity index (χ0v) is 13.2. The van der Waals surface area contributed by atoms with Gasteiger partial charge in [0.1, 0.15) is 0 Å². The lowest BCUT2D eigenvalue weighted by molar-refractivity contribution is 0.680. The summed E-state index contributed by atoms with van der Waals surface area (Å²) in [6, 6.07) is 2.11. The predicted octanol–water partition coefficient (Wildman–Crippen LogP) is 0.717. The molecular formula is C15H20N6O2. The first kappa shape index (κ1) is 15.3. The van der Waals surface area contributed by atoms with Crippen LogP contribution in [-0.4, -0.2) is 32.2 Å². The van der Waals surface area contributed by atoms with Gasteiger partial charge in [-0.3, -0.25) is 14.3 Å². The molecular weight excluding hydrogens is 296 g/mol. The molecule has 2 aromatic heterocycles. The molecule has 0 radical (unpaired) electrons. The molecule has 3 heterocycles. The maximum atomic E-state index is 12.3. The van der Waals surface area contributed by atoms with Crippen LogP contribution in [0.5, 0.6) is 0 Å². The molecule has 0 atom stereocenters. The second-order valence-electron chi connectivity index (χ2n) is 5.86. The Hall–Kier alpha value is -2.56. The van der Waals surface area contributed by atoms with E-state index in [0.717, 1.165) is 25.9 Å². The summed E-state index contributed by atoms with van der Waals surface area (Å²) in [7, 11) is 1.59.